The summed E-state index contributed by atoms with van der Waals surface area (Å²) in [6, 6.07) is 13.3. The fourth-order valence-corrected chi connectivity index (χ4v) is 1.82. The summed E-state index contributed by atoms with van der Waals surface area (Å²) >= 11 is 0. The van der Waals surface area contributed by atoms with E-state index in [4.69, 9.17) is 9.68 Å². The normalized spacial score (nSPS) is 10.3. The van der Waals surface area contributed by atoms with Crippen LogP contribution in [0, 0.1) is 11.3 Å². The molecule has 0 fully saturated rings. The topological polar surface area (TPSA) is 49.8 Å². The molecule has 0 N–H and O–H groups in total. The summed E-state index contributed by atoms with van der Waals surface area (Å²) in [6.07, 6.45) is 3.43. The Bertz CT molecular complexity index is 708. The number of hydrogen-bond donors (Lipinski definition) is 0. The molecule has 3 rings (SSSR count). The molecule has 0 saturated heterocycles. The van der Waals surface area contributed by atoms with Gasteiger partial charge in [-0.25, -0.2) is 0 Å². The molecule has 3 nitrogen and oxygen atoms in total. The van der Waals surface area contributed by atoms with Crippen LogP contribution in [0.15, 0.2) is 53.2 Å². The second-order valence-corrected chi connectivity index (χ2v) is 3.68. The van der Waals surface area contributed by atoms with Crippen LogP contribution >= 0.6 is 0 Å². The maximum Gasteiger partial charge on any atom is 0.136 e. The third kappa shape index (κ3) is 1.56. The lowest BCUT2D eigenvalue weighted by atomic mass is 10.1. The van der Waals surface area contributed by atoms with Gasteiger partial charge >= 0.3 is 0 Å². The minimum absolute atomic E-state index is 0.631. The number of aromatic nitrogens is 1. The third-order valence-electron chi connectivity index (χ3n) is 2.65. The molecule has 0 radical (unpaired) electrons. The number of nitrogens with zero attached hydrogens (tertiary/aromatic N) is 2. The molecule has 0 amide bonds. The minimum Gasteiger partial charge on any atom is -0.456 e. The van der Waals surface area contributed by atoms with Gasteiger partial charge in [-0.05, 0) is 30.3 Å². The Morgan fingerprint density at radius 3 is 2.71 bits per heavy atom. The van der Waals surface area contributed by atoms with Crippen LogP contribution in [0.2, 0.25) is 0 Å². The number of pyridine rings is 1. The van der Waals surface area contributed by atoms with Crippen molar-refractivity contribution < 1.29 is 4.42 Å². The lowest BCUT2D eigenvalue weighted by Gasteiger charge is -1.92. The molecular formula is C14H8N2O. The van der Waals surface area contributed by atoms with Gasteiger partial charge in [0.25, 0.3) is 0 Å². The van der Waals surface area contributed by atoms with E-state index in [1.54, 1.807) is 18.5 Å². The Balaban J connectivity index is 2.25. The van der Waals surface area contributed by atoms with E-state index in [1.165, 1.54) is 0 Å². The zero-order valence-electron chi connectivity index (χ0n) is 8.92. The van der Waals surface area contributed by atoms with E-state index in [0.717, 1.165) is 22.3 Å². The second kappa shape index (κ2) is 3.76. The molecule has 80 valence electrons. The average Bonchev–Trinajstić information content (AvgIpc) is 2.83. The monoisotopic (exact) mass is 220 g/mol. The van der Waals surface area contributed by atoms with Crippen molar-refractivity contribution in [1.29, 1.82) is 5.26 Å². The van der Waals surface area contributed by atoms with E-state index in [9.17, 15) is 0 Å². The maximum atomic E-state index is 9.01. The van der Waals surface area contributed by atoms with Gasteiger partial charge in [0.1, 0.15) is 11.3 Å². The predicted octanol–water partition coefficient (Wildman–Crippen LogP) is 3.37. The smallest absolute Gasteiger partial charge is 0.136 e. The predicted molar refractivity (Wildman–Crippen MR) is 64.2 cm³/mol. The van der Waals surface area contributed by atoms with Gasteiger partial charge in [0, 0.05) is 23.3 Å². The van der Waals surface area contributed by atoms with Gasteiger partial charge in [-0.1, -0.05) is 6.07 Å². The lowest BCUT2D eigenvalue weighted by Crippen LogP contribution is -1.73. The van der Waals surface area contributed by atoms with Crippen LogP contribution in [0.25, 0.3) is 22.3 Å². The molecule has 0 aliphatic rings. The van der Waals surface area contributed by atoms with Gasteiger partial charge in [0.2, 0.25) is 0 Å². The largest absolute Gasteiger partial charge is 0.456 e. The van der Waals surface area contributed by atoms with Crippen molar-refractivity contribution in [2.75, 3.05) is 0 Å². The molecule has 0 atom stereocenters. The SMILES string of the molecule is N#Cc1cccc2oc(-c3ccncc3)cc12. The van der Waals surface area contributed by atoms with Gasteiger partial charge in [0.05, 0.1) is 11.6 Å². The first kappa shape index (κ1) is 9.61. The van der Waals surface area contributed by atoms with E-state index < -0.39 is 0 Å². The van der Waals surface area contributed by atoms with Gasteiger partial charge in [0.15, 0.2) is 0 Å². The van der Waals surface area contributed by atoms with Crippen LogP contribution in [0.1, 0.15) is 5.56 Å². The number of fused-ring (bicyclic) bond motifs is 1. The molecule has 0 unspecified atom stereocenters. The molecular weight excluding hydrogens is 212 g/mol. The second-order valence-electron chi connectivity index (χ2n) is 3.68. The molecule has 0 aliphatic carbocycles. The zero-order chi connectivity index (χ0) is 11.7. The summed E-state index contributed by atoms with van der Waals surface area (Å²) < 4.78 is 5.72. The number of hydrogen-bond acceptors (Lipinski definition) is 3. The molecule has 17 heavy (non-hydrogen) atoms. The van der Waals surface area contributed by atoms with Crippen LogP contribution in [0.3, 0.4) is 0 Å². The van der Waals surface area contributed by atoms with Gasteiger partial charge < -0.3 is 4.42 Å². The van der Waals surface area contributed by atoms with Crippen molar-refractivity contribution in [2.24, 2.45) is 0 Å². The number of rotatable bonds is 1. The van der Waals surface area contributed by atoms with E-state index in [1.807, 2.05) is 30.3 Å². The molecule has 3 aromatic rings. The quantitative estimate of drug-likeness (QED) is 0.631. The highest BCUT2D eigenvalue weighted by Crippen LogP contribution is 2.29. The third-order valence-corrected chi connectivity index (χ3v) is 2.65. The minimum atomic E-state index is 0.631. The Hall–Kier alpha value is -2.60. The Morgan fingerprint density at radius 1 is 1.12 bits per heavy atom. The zero-order valence-corrected chi connectivity index (χ0v) is 8.92. The van der Waals surface area contributed by atoms with E-state index in [2.05, 4.69) is 11.1 Å². The summed E-state index contributed by atoms with van der Waals surface area (Å²) in [6.45, 7) is 0. The van der Waals surface area contributed by atoms with Crippen molar-refractivity contribution in [1.82, 2.24) is 4.98 Å². The average molecular weight is 220 g/mol. The van der Waals surface area contributed by atoms with Crippen molar-refractivity contribution in [2.45, 2.75) is 0 Å². The van der Waals surface area contributed by atoms with Crippen LogP contribution < -0.4 is 0 Å². The summed E-state index contributed by atoms with van der Waals surface area (Å²) in [4.78, 5) is 3.96. The van der Waals surface area contributed by atoms with Gasteiger partial charge in [-0.2, -0.15) is 5.26 Å². The molecule has 0 saturated carbocycles. The first-order chi connectivity index (χ1) is 8.38. The Kier molecular flexibility index (Phi) is 2.13. The van der Waals surface area contributed by atoms with Gasteiger partial charge in [-0.3, -0.25) is 4.98 Å². The first-order valence-corrected chi connectivity index (χ1v) is 5.21. The highest BCUT2D eigenvalue weighted by molar-refractivity contribution is 5.87. The van der Waals surface area contributed by atoms with Crippen LogP contribution in [-0.2, 0) is 0 Å². The van der Waals surface area contributed by atoms with Gasteiger partial charge in [-0.15, -0.1) is 0 Å². The fraction of sp³-hybridized carbons (Fsp3) is 0. The van der Waals surface area contributed by atoms with E-state index in [-0.39, 0.29) is 0 Å². The van der Waals surface area contributed by atoms with Crippen LogP contribution in [0.5, 0.6) is 0 Å². The van der Waals surface area contributed by atoms with Crippen molar-refractivity contribution in [3.05, 3.63) is 54.4 Å². The standard InChI is InChI=1S/C14H8N2O/c15-9-11-2-1-3-13-12(11)8-14(17-13)10-4-6-16-7-5-10/h1-8H. The van der Waals surface area contributed by atoms with Crippen molar-refractivity contribution in [3.63, 3.8) is 0 Å². The highest BCUT2D eigenvalue weighted by atomic mass is 16.3. The molecule has 0 bridgehead atoms. The maximum absolute atomic E-state index is 9.01. The van der Waals surface area contributed by atoms with Crippen LogP contribution in [-0.4, -0.2) is 4.98 Å². The first-order valence-electron chi connectivity index (χ1n) is 5.21. The summed E-state index contributed by atoms with van der Waals surface area (Å²) in [5.41, 5.74) is 2.32. The molecule has 0 spiro atoms. The Morgan fingerprint density at radius 2 is 1.94 bits per heavy atom. The molecule has 1 aromatic carbocycles. The molecule has 2 aromatic heterocycles. The molecule has 3 heteroatoms. The number of furan rings is 1. The fourth-order valence-electron chi connectivity index (χ4n) is 1.82. The highest BCUT2D eigenvalue weighted by Gasteiger charge is 2.08. The molecule has 2 heterocycles. The number of benzene rings is 1. The van der Waals surface area contributed by atoms with E-state index in [0.29, 0.717) is 5.56 Å². The summed E-state index contributed by atoms with van der Waals surface area (Å²) in [5, 5.41) is 9.86. The van der Waals surface area contributed by atoms with E-state index >= 15 is 0 Å². The molecule has 0 aliphatic heterocycles. The lowest BCUT2D eigenvalue weighted by molar-refractivity contribution is 0.631. The number of nitriles is 1. The summed E-state index contributed by atoms with van der Waals surface area (Å²) in [7, 11) is 0. The van der Waals surface area contributed by atoms with Crippen LogP contribution in [0.4, 0.5) is 0 Å². The summed E-state index contributed by atoms with van der Waals surface area (Å²) in [5.74, 6) is 0.755. The Labute approximate surface area is 97.9 Å². The van der Waals surface area contributed by atoms with Crippen molar-refractivity contribution >= 4 is 11.0 Å². The van der Waals surface area contributed by atoms with Crippen molar-refractivity contribution in [3.8, 4) is 17.4 Å².